The van der Waals surface area contributed by atoms with E-state index in [9.17, 15) is 9.59 Å². The first-order chi connectivity index (χ1) is 9.09. The second-order valence-corrected chi connectivity index (χ2v) is 5.91. The van der Waals surface area contributed by atoms with Crippen LogP contribution in [0.3, 0.4) is 0 Å². The first kappa shape index (κ1) is 18.5. The van der Waals surface area contributed by atoms with Gasteiger partial charge in [0, 0.05) is 10.8 Å². The van der Waals surface area contributed by atoms with Gasteiger partial charge in [0.25, 0.3) is 5.91 Å². The lowest BCUT2D eigenvalue weighted by molar-refractivity contribution is -0.113. The molecule has 1 aromatic rings. The molecule has 1 amide bonds. The van der Waals surface area contributed by atoms with E-state index in [1.54, 1.807) is 12.3 Å². The molecule has 1 aromatic heterocycles. The van der Waals surface area contributed by atoms with Crippen molar-refractivity contribution in [3.8, 4) is 0 Å². The van der Waals surface area contributed by atoms with Gasteiger partial charge in [-0.15, -0.1) is 11.3 Å². The predicted octanol–water partition coefficient (Wildman–Crippen LogP) is 1.97. The number of hydrogen-bond acceptors (Lipinski definition) is 6. The maximum Gasteiger partial charge on any atom is 0.365 e. The molecule has 20 heavy (non-hydrogen) atoms. The molecule has 1 rings (SSSR count). The summed E-state index contributed by atoms with van der Waals surface area (Å²) in [5.41, 5.74) is 5.49. The highest BCUT2D eigenvalue weighted by atomic mass is 32.1. The van der Waals surface area contributed by atoms with E-state index in [0.29, 0.717) is 6.61 Å². The lowest BCUT2D eigenvalue weighted by Gasteiger charge is -2.13. The van der Waals surface area contributed by atoms with Crippen molar-refractivity contribution in [2.75, 3.05) is 6.61 Å². The van der Waals surface area contributed by atoms with Gasteiger partial charge >= 0.3 is 5.97 Å². The Hall–Kier alpha value is -1.54. The molecule has 0 aromatic carbocycles. The Labute approximate surface area is 127 Å². The molecular weight excluding hydrogens is 300 g/mol. The fraction of sp³-hybridized carbons (Fsp3) is 0.500. The number of carbonyl (C=O) groups excluding carboxylic acids is 1. The monoisotopic (exact) mass is 318 g/mol. The molecule has 0 aliphatic carbocycles. The van der Waals surface area contributed by atoms with Gasteiger partial charge in [0.2, 0.25) is 10.1 Å². The molecule has 0 aliphatic rings. The number of primary amides is 1. The second-order valence-electron chi connectivity index (χ2n) is 4.68. The first-order valence-corrected chi connectivity index (χ1v) is 7.04. The summed E-state index contributed by atoms with van der Waals surface area (Å²) < 4.78 is 4.56. The zero-order valence-electron chi connectivity index (χ0n) is 11.8. The van der Waals surface area contributed by atoms with Crippen LogP contribution < -0.4 is 5.73 Å². The Kier molecular flexibility index (Phi) is 7.30. The van der Waals surface area contributed by atoms with Gasteiger partial charge in [-0.05, 0) is 19.1 Å². The Morgan fingerprint density at radius 3 is 2.25 bits per heavy atom. The van der Waals surface area contributed by atoms with Crippen molar-refractivity contribution < 1.29 is 19.4 Å². The van der Waals surface area contributed by atoms with E-state index in [0.717, 1.165) is 5.69 Å². The zero-order chi connectivity index (χ0) is 15.9. The number of carbonyl (C=O) groups is 2. The molecule has 8 heteroatoms. The molecule has 0 saturated carbocycles. The maximum absolute atomic E-state index is 10.5. The molecule has 1 heterocycles. The number of aromatic nitrogens is 1. The molecule has 0 radical (unpaired) electrons. The van der Waals surface area contributed by atoms with Gasteiger partial charge in [-0.1, -0.05) is 20.8 Å². The molecular formula is C12H18N2O4S2. The summed E-state index contributed by atoms with van der Waals surface area (Å²) >= 11 is 5.55. The van der Waals surface area contributed by atoms with Crippen molar-refractivity contribution in [3.63, 3.8) is 0 Å². The van der Waals surface area contributed by atoms with E-state index in [1.807, 2.05) is 20.8 Å². The summed E-state index contributed by atoms with van der Waals surface area (Å²) in [4.78, 5) is 24.5. The van der Waals surface area contributed by atoms with Gasteiger partial charge in [0.15, 0.2) is 0 Å². The van der Waals surface area contributed by atoms with Gasteiger partial charge < -0.3 is 15.6 Å². The number of carboxylic acids is 1. The minimum atomic E-state index is -0.949. The number of thiocarbonyl (C=S) groups is 1. The number of hydrogen-bond donors (Lipinski definition) is 2. The lowest BCUT2D eigenvalue weighted by Crippen LogP contribution is -2.23. The third kappa shape index (κ3) is 6.58. The smallest absolute Gasteiger partial charge is 0.365 e. The summed E-state index contributed by atoms with van der Waals surface area (Å²) in [7, 11) is 0. The Morgan fingerprint density at radius 1 is 1.50 bits per heavy atom. The summed E-state index contributed by atoms with van der Waals surface area (Å²) in [6.07, 6.45) is 0. The highest BCUT2D eigenvalue weighted by molar-refractivity contribution is 7.81. The van der Waals surface area contributed by atoms with Crippen LogP contribution in [0.1, 0.15) is 43.2 Å². The average molecular weight is 318 g/mol. The minimum absolute atomic E-state index is 0.0653. The van der Waals surface area contributed by atoms with Crippen molar-refractivity contribution >= 4 is 40.5 Å². The van der Waals surface area contributed by atoms with Gasteiger partial charge in [-0.2, -0.15) is 0 Å². The summed E-state index contributed by atoms with van der Waals surface area (Å²) in [5, 5.41) is 10.4. The number of nitrogens with zero attached hydrogens (tertiary/aromatic N) is 1. The molecule has 0 aliphatic heterocycles. The van der Waals surface area contributed by atoms with Gasteiger partial charge in [0.1, 0.15) is 0 Å². The predicted molar refractivity (Wildman–Crippen MR) is 81.2 cm³/mol. The third-order valence-corrected chi connectivity index (χ3v) is 3.08. The van der Waals surface area contributed by atoms with Crippen LogP contribution in [0.15, 0.2) is 5.38 Å². The number of rotatable bonds is 2. The lowest BCUT2D eigenvalue weighted by atomic mass is 9.93. The molecule has 0 saturated heterocycles. The molecule has 0 spiro atoms. The number of aromatic carboxylic acids is 1. The Bertz CT molecular complexity index is 492. The van der Waals surface area contributed by atoms with Gasteiger partial charge in [0.05, 0.1) is 12.3 Å². The highest BCUT2D eigenvalue weighted by Gasteiger charge is 2.19. The quantitative estimate of drug-likeness (QED) is 0.808. The van der Waals surface area contributed by atoms with Crippen LogP contribution in [0.2, 0.25) is 0 Å². The van der Waals surface area contributed by atoms with E-state index in [4.69, 9.17) is 10.8 Å². The molecule has 0 unspecified atom stereocenters. The summed E-state index contributed by atoms with van der Waals surface area (Å²) in [6, 6.07) is 0. The van der Waals surface area contributed by atoms with Crippen LogP contribution in [0.4, 0.5) is 0 Å². The Morgan fingerprint density at radius 2 is 2.05 bits per heavy atom. The molecule has 0 bridgehead atoms. The molecule has 0 atom stereocenters. The van der Waals surface area contributed by atoms with Crippen molar-refractivity contribution in [3.05, 3.63) is 16.1 Å². The van der Waals surface area contributed by atoms with Crippen LogP contribution >= 0.6 is 23.6 Å². The van der Waals surface area contributed by atoms with Crippen LogP contribution in [-0.2, 0) is 14.9 Å². The maximum atomic E-state index is 10.5. The van der Waals surface area contributed by atoms with Crippen LogP contribution in [0, 0.1) is 0 Å². The number of carboxylic acid groups (broad SMARTS) is 1. The van der Waals surface area contributed by atoms with E-state index in [2.05, 4.69) is 21.9 Å². The minimum Gasteiger partial charge on any atom is -0.480 e. The number of thiazole rings is 1. The van der Waals surface area contributed by atoms with Crippen LogP contribution in [0.25, 0.3) is 0 Å². The first-order valence-electron chi connectivity index (χ1n) is 5.75. The van der Waals surface area contributed by atoms with E-state index in [1.165, 1.54) is 11.3 Å². The van der Waals surface area contributed by atoms with E-state index >= 15 is 0 Å². The SMILES string of the molecule is CC(C)(C)c1csc(C(=O)O)n1.CCOC(=S)C(N)=O. The molecule has 112 valence electrons. The van der Waals surface area contributed by atoms with Crippen molar-refractivity contribution in [1.29, 1.82) is 0 Å². The highest BCUT2D eigenvalue weighted by Crippen LogP contribution is 2.23. The van der Waals surface area contributed by atoms with E-state index in [-0.39, 0.29) is 15.5 Å². The number of amides is 1. The zero-order valence-corrected chi connectivity index (χ0v) is 13.4. The average Bonchev–Trinajstić information content (AvgIpc) is 2.79. The molecule has 0 fully saturated rings. The largest absolute Gasteiger partial charge is 0.480 e. The summed E-state index contributed by atoms with van der Waals surface area (Å²) in [6.45, 7) is 8.14. The van der Waals surface area contributed by atoms with Gasteiger partial charge in [-0.25, -0.2) is 9.78 Å². The Balaban J connectivity index is 0.000000396. The van der Waals surface area contributed by atoms with Crippen LogP contribution in [0.5, 0.6) is 0 Å². The van der Waals surface area contributed by atoms with Crippen molar-refractivity contribution in [1.82, 2.24) is 4.98 Å². The standard InChI is InChI=1S/C8H11NO2S.C4H7NO2S/c1-8(2,3)5-4-12-6(9-5)7(10)11;1-2-7-4(8)3(5)6/h4H,1-3H3,(H,10,11);2H2,1H3,(H2,5,6). The van der Waals surface area contributed by atoms with E-state index < -0.39 is 11.9 Å². The fourth-order valence-corrected chi connectivity index (χ4v) is 1.92. The normalized spacial score (nSPS) is 10.2. The fourth-order valence-electron chi connectivity index (χ4n) is 0.919. The second kappa shape index (κ2) is 7.91. The van der Waals surface area contributed by atoms with Crippen molar-refractivity contribution in [2.45, 2.75) is 33.1 Å². The summed E-state index contributed by atoms with van der Waals surface area (Å²) in [5.74, 6) is -1.63. The molecule has 3 N–H and O–H groups in total. The van der Waals surface area contributed by atoms with Crippen molar-refractivity contribution in [2.24, 2.45) is 5.73 Å². The van der Waals surface area contributed by atoms with Gasteiger partial charge in [-0.3, -0.25) is 4.79 Å². The number of ether oxygens (including phenoxy) is 1. The third-order valence-electron chi connectivity index (χ3n) is 1.93. The van der Waals surface area contributed by atoms with Crippen LogP contribution in [-0.4, -0.2) is 33.6 Å². The number of nitrogens with two attached hydrogens (primary N) is 1. The topological polar surface area (TPSA) is 103 Å². The molecule has 6 nitrogen and oxygen atoms in total.